The fourth-order valence-electron chi connectivity index (χ4n) is 1.28. The van der Waals surface area contributed by atoms with Crippen molar-refractivity contribution in [2.24, 2.45) is 0 Å². The molecule has 2 aromatic rings. The van der Waals surface area contributed by atoms with Crippen molar-refractivity contribution in [3.63, 3.8) is 0 Å². The van der Waals surface area contributed by atoms with Gasteiger partial charge in [0.25, 0.3) is 0 Å². The number of carbonyl (C=O) groups is 1. The standard InChI is InChI=1S/C11H9NO2.K.H/c1-2-11(13)14-10-7-12-9-6-4-3-5-8(9)10;;/h2-7,12H,1H2;;/q;+1;-1. The minimum Gasteiger partial charge on any atom is -1.00 e. The second kappa shape index (κ2) is 5.63. The molecule has 0 fully saturated rings. The molecule has 15 heavy (non-hydrogen) atoms. The van der Waals surface area contributed by atoms with Crippen LogP contribution in [0.1, 0.15) is 1.43 Å². The van der Waals surface area contributed by atoms with E-state index in [4.69, 9.17) is 4.74 Å². The predicted molar refractivity (Wildman–Crippen MR) is 55.2 cm³/mol. The smallest absolute Gasteiger partial charge is 1.00 e. The van der Waals surface area contributed by atoms with Crippen LogP contribution in [-0.4, -0.2) is 11.0 Å². The Morgan fingerprint density at radius 1 is 1.47 bits per heavy atom. The van der Waals surface area contributed by atoms with Crippen LogP contribution in [0.25, 0.3) is 10.9 Å². The van der Waals surface area contributed by atoms with Crippen molar-refractivity contribution in [1.82, 2.24) is 4.98 Å². The Kier molecular flexibility index (Phi) is 4.75. The van der Waals surface area contributed by atoms with Crippen LogP contribution >= 0.6 is 0 Å². The molecular weight excluding hydrogens is 217 g/mol. The number of aromatic nitrogens is 1. The van der Waals surface area contributed by atoms with Gasteiger partial charge in [0.15, 0.2) is 5.75 Å². The van der Waals surface area contributed by atoms with Gasteiger partial charge in [-0.15, -0.1) is 0 Å². The number of esters is 1. The SMILES string of the molecule is C=CC(=O)Oc1c[nH]c2ccccc12.[H-].[K+]. The van der Waals surface area contributed by atoms with E-state index in [2.05, 4.69) is 11.6 Å². The molecule has 0 aliphatic carbocycles. The van der Waals surface area contributed by atoms with Crippen LogP contribution in [0.15, 0.2) is 43.1 Å². The minimum absolute atomic E-state index is 0. The molecule has 4 heteroatoms. The van der Waals surface area contributed by atoms with Crippen LogP contribution in [0.5, 0.6) is 5.75 Å². The summed E-state index contributed by atoms with van der Waals surface area (Å²) in [7, 11) is 0. The van der Waals surface area contributed by atoms with Crippen LogP contribution in [0, 0.1) is 0 Å². The van der Waals surface area contributed by atoms with Gasteiger partial charge in [-0.05, 0) is 12.1 Å². The van der Waals surface area contributed by atoms with Crippen molar-refractivity contribution in [3.05, 3.63) is 43.1 Å². The quantitative estimate of drug-likeness (QED) is 0.422. The molecule has 1 aromatic carbocycles. The van der Waals surface area contributed by atoms with Crippen molar-refractivity contribution in [1.29, 1.82) is 0 Å². The number of fused-ring (bicyclic) bond motifs is 1. The van der Waals surface area contributed by atoms with Crippen molar-refractivity contribution < 1.29 is 62.3 Å². The number of benzene rings is 1. The van der Waals surface area contributed by atoms with Crippen molar-refractivity contribution in [2.45, 2.75) is 0 Å². The van der Waals surface area contributed by atoms with Gasteiger partial charge in [0, 0.05) is 23.2 Å². The third kappa shape index (κ3) is 2.80. The molecule has 0 saturated heterocycles. The van der Waals surface area contributed by atoms with E-state index in [-0.39, 0.29) is 52.8 Å². The molecular formula is C11H10KNO2. The van der Waals surface area contributed by atoms with Gasteiger partial charge >= 0.3 is 57.4 Å². The number of carbonyl (C=O) groups excluding carboxylic acids is 1. The van der Waals surface area contributed by atoms with Gasteiger partial charge in [0.2, 0.25) is 0 Å². The summed E-state index contributed by atoms with van der Waals surface area (Å²) < 4.78 is 5.03. The second-order valence-electron chi connectivity index (χ2n) is 2.82. The summed E-state index contributed by atoms with van der Waals surface area (Å²) >= 11 is 0. The Morgan fingerprint density at radius 3 is 2.93 bits per heavy atom. The summed E-state index contributed by atoms with van der Waals surface area (Å²) in [6.07, 6.45) is 2.80. The van der Waals surface area contributed by atoms with E-state index in [1.165, 1.54) is 0 Å². The number of rotatable bonds is 2. The first-order valence-corrected chi connectivity index (χ1v) is 4.21. The summed E-state index contributed by atoms with van der Waals surface area (Å²) in [6, 6.07) is 7.61. The summed E-state index contributed by atoms with van der Waals surface area (Å²) in [5.74, 6) is 0.0836. The minimum atomic E-state index is -0.449. The van der Waals surface area contributed by atoms with Gasteiger partial charge in [-0.25, -0.2) is 4.79 Å². The van der Waals surface area contributed by atoms with Crippen LogP contribution in [0.3, 0.4) is 0 Å². The molecule has 2 rings (SSSR count). The van der Waals surface area contributed by atoms with Gasteiger partial charge in [-0.2, -0.15) is 0 Å². The van der Waals surface area contributed by atoms with Crippen LogP contribution in [0.4, 0.5) is 0 Å². The van der Waals surface area contributed by atoms with Gasteiger partial charge < -0.3 is 11.1 Å². The van der Waals surface area contributed by atoms with E-state index in [1.807, 2.05) is 24.3 Å². The molecule has 3 nitrogen and oxygen atoms in total. The molecule has 0 saturated carbocycles. The first kappa shape index (κ1) is 12.7. The fraction of sp³-hybridized carbons (Fsp3) is 0. The molecule has 0 aliphatic heterocycles. The Labute approximate surface area is 131 Å². The first-order valence-electron chi connectivity index (χ1n) is 4.21. The number of hydrogen-bond donors (Lipinski definition) is 1. The van der Waals surface area contributed by atoms with E-state index in [9.17, 15) is 4.79 Å². The Balaban J connectivity index is 0.00000112. The molecule has 0 aliphatic rings. The molecule has 0 amide bonds. The van der Waals surface area contributed by atoms with E-state index in [1.54, 1.807) is 6.20 Å². The van der Waals surface area contributed by atoms with E-state index in [0.29, 0.717) is 5.75 Å². The normalized spacial score (nSPS) is 9.33. The predicted octanol–water partition coefficient (Wildman–Crippen LogP) is -0.624. The van der Waals surface area contributed by atoms with E-state index in [0.717, 1.165) is 17.0 Å². The van der Waals surface area contributed by atoms with Crippen LogP contribution in [-0.2, 0) is 4.79 Å². The summed E-state index contributed by atoms with van der Waals surface area (Å²) in [4.78, 5) is 14.0. The zero-order valence-electron chi connectivity index (χ0n) is 9.49. The zero-order chi connectivity index (χ0) is 9.97. The van der Waals surface area contributed by atoms with Gasteiger partial charge in [-0.1, -0.05) is 18.7 Å². The molecule has 0 spiro atoms. The number of aromatic amines is 1. The third-order valence-corrected chi connectivity index (χ3v) is 1.93. The van der Waals surface area contributed by atoms with Crippen molar-refractivity contribution in [3.8, 4) is 5.75 Å². The number of nitrogens with one attached hydrogen (secondary N) is 1. The Bertz CT molecular complexity index is 495. The number of para-hydroxylation sites is 1. The van der Waals surface area contributed by atoms with E-state index >= 15 is 0 Å². The number of H-pyrrole nitrogens is 1. The summed E-state index contributed by atoms with van der Waals surface area (Å²) in [5, 5.41) is 0.891. The van der Waals surface area contributed by atoms with Gasteiger partial charge in [0.05, 0.1) is 0 Å². The van der Waals surface area contributed by atoms with Gasteiger partial charge in [0.1, 0.15) is 0 Å². The molecule has 0 atom stereocenters. The average Bonchev–Trinajstić information content (AvgIpc) is 2.62. The topological polar surface area (TPSA) is 42.1 Å². The van der Waals surface area contributed by atoms with Crippen molar-refractivity contribution >= 4 is 16.9 Å². The molecule has 0 radical (unpaired) electrons. The van der Waals surface area contributed by atoms with Crippen LogP contribution < -0.4 is 56.1 Å². The Morgan fingerprint density at radius 2 is 2.20 bits per heavy atom. The fourth-order valence-corrected chi connectivity index (χ4v) is 1.28. The molecule has 0 unspecified atom stereocenters. The average molecular weight is 227 g/mol. The molecule has 1 heterocycles. The molecule has 72 valence electrons. The summed E-state index contributed by atoms with van der Waals surface area (Å²) in [6.45, 7) is 3.34. The second-order valence-corrected chi connectivity index (χ2v) is 2.82. The van der Waals surface area contributed by atoms with Crippen LogP contribution in [0.2, 0.25) is 0 Å². The summed E-state index contributed by atoms with van der Waals surface area (Å²) in [5.41, 5.74) is 0.944. The number of ether oxygens (including phenoxy) is 1. The first-order chi connectivity index (χ1) is 6.81. The molecule has 1 N–H and O–H groups in total. The largest absolute Gasteiger partial charge is 1.00 e. The molecule has 1 aromatic heterocycles. The monoisotopic (exact) mass is 227 g/mol. The maximum Gasteiger partial charge on any atom is 1.00 e. The third-order valence-electron chi connectivity index (χ3n) is 1.93. The maximum atomic E-state index is 11.0. The van der Waals surface area contributed by atoms with Crippen molar-refractivity contribution in [2.75, 3.05) is 0 Å². The van der Waals surface area contributed by atoms with Gasteiger partial charge in [-0.3, -0.25) is 0 Å². The van der Waals surface area contributed by atoms with E-state index < -0.39 is 5.97 Å². The molecule has 0 bridgehead atoms. The number of hydrogen-bond acceptors (Lipinski definition) is 2. The maximum absolute atomic E-state index is 11.0. The zero-order valence-corrected chi connectivity index (χ0v) is 11.6. The Hall–Kier alpha value is -0.394.